The second-order valence-electron chi connectivity index (χ2n) is 3.60. The van der Waals surface area contributed by atoms with E-state index < -0.39 is 5.97 Å². The molecular weight excluding hydrogens is 210 g/mol. The summed E-state index contributed by atoms with van der Waals surface area (Å²) in [6, 6.07) is 5.52. The molecule has 16 heavy (non-hydrogen) atoms. The fourth-order valence-corrected chi connectivity index (χ4v) is 1.86. The topological polar surface area (TPSA) is 60.7 Å². The van der Waals surface area contributed by atoms with Crippen LogP contribution in [0.25, 0.3) is 10.9 Å². The summed E-state index contributed by atoms with van der Waals surface area (Å²) in [5, 5.41) is 9.71. The van der Waals surface area contributed by atoms with Crippen LogP contribution in [0.3, 0.4) is 0 Å². The minimum Gasteiger partial charge on any atom is -0.480 e. The third kappa shape index (κ3) is 1.29. The summed E-state index contributed by atoms with van der Waals surface area (Å²) in [5.74, 6) is 0.508. The molecule has 2 heterocycles. The van der Waals surface area contributed by atoms with Crippen LogP contribution in [-0.2, 0) is 11.3 Å². The molecular formula is C11H9NO4. The van der Waals surface area contributed by atoms with Crippen LogP contribution in [0.15, 0.2) is 24.4 Å². The van der Waals surface area contributed by atoms with Gasteiger partial charge < -0.3 is 19.1 Å². The fourth-order valence-electron chi connectivity index (χ4n) is 1.86. The molecule has 82 valence electrons. The third-order valence-corrected chi connectivity index (χ3v) is 2.57. The molecule has 0 atom stereocenters. The zero-order valence-electron chi connectivity index (χ0n) is 8.34. The highest BCUT2D eigenvalue weighted by Crippen LogP contribution is 2.36. The quantitative estimate of drug-likeness (QED) is 0.830. The fraction of sp³-hybridized carbons (Fsp3) is 0.182. The number of aliphatic carboxylic acids is 1. The first kappa shape index (κ1) is 9.08. The molecule has 0 aliphatic carbocycles. The van der Waals surface area contributed by atoms with Crippen molar-refractivity contribution in [3.8, 4) is 11.5 Å². The highest BCUT2D eigenvalue weighted by molar-refractivity contribution is 5.85. The summed E-state index contributed by atoms with van der Waals surface area (Å²) in [4.78, 5) is 10.7. The molecule has 0 amide bonds. The second kappa shape index (κ2) is 3.16. The molecule has 0 unspecified atom stereocenters. The van der Waals surface area contributed by atoms with Gasteiger partial charge in [-0.05, 0) is 12.1 Å². The maximum absolute atomic E-state index is 10.7. The summed E-state index contributed by atoms with van der Waals surface area (Å²) in [5.41, 5.74) is 0.839. The van der Waals surface area contributed by atoms with Crippen LogP contribution in [0.2, 0.25) is 0 Å². The standard InChI is InChI=1S/C11H9NO4/c13-11(14)5-12-2-1-7-3-9-10(4-8(7)12)16-6-15-9/h1-4H,5-6H2,(H,13,14). The van der Waals surface area contributed by atoms with E-state index >= 15 is 0 Å². The number of nitrogens with zero attached hydrogens (tertiary/aromatic N) is 1. The van der Waals surface area contributed by atoms with Crippen molar-refractivity contribution >= 4 is 16.9 Å². The van der Waals surface area contributed by atoms with Crippen LogP contribution in [0.5, 0.6) is 11.5 Å². The minimum absolute atomic E-state index is 0.0524. The van der Waals surface area contributed by atoms with Crippen molar-refractivity contribution in [3.63, 3.8) is 0 Å². The predicted octanol–water partition coefficient (Wildman–Crippen LogP) is 1.45. The number of hydrogen-bond acceptors (Lipinski definition) is 3. The Morgan fingerprint density at radius 3 is 2.88 bits per heavy atom. The first-order valence-corrected chi connectivity index (χ1v) is 4.84. The van der Waals surface area contributed by atoms with Gasteiger partial charge in [0.25, 0.3) is 0 Å². The third-order valence-electron chi connectivity index (χ3n) is 2.57. The number of carboxylic acid groups (broad SMARTS) is 1. The summed E-state index contributed by atoms with van der Waals surface area (Å²) < 4.78 is 12.2. The summed E-state index contributed by atoms with van der Waals surface area (Å²) in [7, 11) is 0. The summed E-state index contributed by atoms with van der Waals surface area (Å²) in [6.45, 7) is 0.171. The monoisotopic (exact) mass is 219 g/mol. The van der Waals surface area contributed by atoms with E-state index in [0.29, 0.717) is 11.5 Å². The maximum atomic E-state index is 10.7. The number of rotatable bonds is 2. The van der Waals surface area contributed by atoms with Gasteiger partial charge in [-0.3, -0.25) is 4.79 Å². The van der Waals surface area contributed by atoms with Gasteiger partial charge in [0, 0.05) is 17.6 Å². The second-order valence-corrected chi connectivity index (χ2v) is 3.60. The van der Waals surface area contributed by atoms with E-state index in [-0.39, 0.29) is 13.3 Å². The largest absolute Gasteiger partial charge is 0.480 e. The lowest BCUT2D eigenvalue weighted by Crippen LogP contribution is -2.07. The number of carboxylic acids is 1. The van der Waals surface area contributed by atoms with Gasteiger partial charge in [0.05, 0.1) is 5.52 Å². The molecule has 0 radical (unpaired) electrons. The van der Waals surface area contributed by atoms with Gasteiger partial charge in [-0.25, -0.2) is 0 Å². The molecule has 1 aliphatic rings. The van der Waals surface area contributed by atoms with Crippen LogP contribution >= 0.6 is 0 Å². The van der Waals surface area contributed by atoms with E-state index in [4.69, 9.17) is 14.6 Å². The summed E-state index contributed by atoms with van der Waals surface area (Å²) >= 11 is 0. The lowest BCUT2D eigenvalue weighted by atomic mass is 10.2. The minimum atomic E-state index is -0.866. The molecule has 1 aromatic carbocycles. The van der Waals surface area contributed by atoms with Crippen LogP contribution in [0.4, 0.5) is 0 Å². The van der Waals surface area contributed by atoms with Crippen LogP contribution in [-0.4, -0.2) is 22.4 Å². The van der Waals surface area contributed by atoms with Gasteiger partial charge >= 0.3 is 5.97 Å². The normalized spacial score (nSPS) is 13.2. The highest BCUT2D eigenvalue weighted by Gasteiger charge is 2.16. The molecule has 3 rings (SSSR count). The predicted molar refractivity (Wildman–Crippen MR) is 55.7 cm³/mol. The van der Waals surface area contributed by atoms with Crippen LogP contribution in [0.1, 0.15) is 0 Å². The molecule has 0 saturated carbocycles. The molecule has 0 spiro atoms. The van der Waals surface area contributed by atoms with Gasteiger partial charge in [0.2, 0.25) is 6.79 Å². The Kier molecular flexibility index (Phi) is 1.80. The van der Waals surface area contributed by atoms with Crippen LogP contribution < -0.4 is 9.47 Å². The molecule has 0 bridgehead atoms. The average Bonchev–Trinajstić information content (AvgIpc) is 2.81. The molecule has 1 aliphatic heterocycles. The molecule has 5 nitrogen and oxygen atoms in total. The van der Waals surface area contributed by atoms with Crippen molar-refractivity contribution in [3.05, 3.63) is 24.4 Å². The highest BCUT2D eigenvalue weighted by atomic mass is 16.7. The molecule has 5 heteroatoms. The molecule has 1 aromatic heterocycles. The van der Waals surface area contributed by atoms with E-state index in [1.165, 1.54) is 0 Å². The summed E-state index contributed by atoms with van der Waals surface area (Å²) in [6.07, 6.45) is 1.74. The molecule has 1 N–H and O–H groups in total. The Morgan fingerprint density at radius 2 is 2.12 bits per heavy atom. The smallest absolute Gasteiger partial charge is 0.323 e. The number of aromatic nitrogens is 1. The van der Waals surface area contributed by atoms with Gasteiger partial charge in [-0.15, -0.1) is 0 Å². The van der Waals surface area contributed by atoms with Gasteiger partial charge in [-0.2, -0.15) is 0 Å². The molecule has 0 fully saturated rings. The number of carbonyl (C=O) groups is 1. The van der Waals surface area contributed by atoms with Gasteiger partial charge in [0.15, 0.2) is 11.5 Å². The van der Waals surface area contributed by atoms with Gasteiger partial charge in [-0.1, -0.05) is 0 Å². The Labute approximate surface area is 90.8 Å². The Balaban J connectivity index is 2.15. The first-order valence-electron chi connectivity index (χ1n) is 4.84. The number of hydrogen-bond donors (Lipinski definition) is 1. The Morgan fingerprint density at radius 1 is 1.38 bits per heavy atom. The van der Waals surface area contributed by atoms with E-state index in [9.17, 15) is 4.79 Å². The zero-order chi connectivity index (χ0) is 11.1. The Bertz CT molecular complexity index is 573. The van der Waals surface area contributed by atoms with E-state index in [2.05, 4.69) is 0 Å². The average molecular weight is 219 g/mol. The maximum Gasteiger partial charge on any atom is 0.323 e. The van der Waals surface area contributed by atoms with E-state index in [1.54, 1.807) is 16.8 Å². The SMILES string of the molecule is O=C(O)Cn1ccc2cc3c(cc21)OCO3. The van der Waals surface area contributed by atoms with Crippen molar-refractivity contribution in [1.82, 2.24) is 4.57 Å². The molecule has 2 aromatic rings. The lowest BCUT2D eigenvalue weighted by Gasteiger charge is -2.02. The van der Waals surface area contributed by atoms with Crippen LogP contribution in [0, 0.1) is 0 Å². The van der Waals surface area contributed by atoms with Crippen molar-refractivity contribution in [2.24, 2.45) is 0 Å². The van der Waals surface area contributed by atoms with Crippen molar-refractivity contribution in [1.29, 1.82) is 0 Å². The van der Waals surface area contributed by atoms with E-state index in [0.717, 1.165) is 10.9 Å². The van der Waals surface area contributed by atoms with Gasteiger partial charge in [0.1, 0.15) is 6.54 Å². The first-order chi connectivity index (χ1) is 7.74. The van der Waals surface area contributed by atoms with Crippen molar-refractivity contribution in [2.45, 2.75) is 6.54 Å². The zero-order valence-corrected chi connectivity index (χ0v) is 8.34. The van der Waals surface area contributed by atoms with Crippen molar-refractivity contribution in [2.75, 3.05) is 6.79 Å². The Hall–Kier alpha value is -2.17. The number of benzene rings is 1. The van der Waals surface area contributed by atoms with Crippen molar-refractivity contribution < 1.29 is 19.4 Å². The van der Waals surface area contributed by atoms with E-state index in [1.807, 2.05) is 12.1 Å². The number of fused-ring (bicyclic) bond motifs is 2. The number of ether oxygens (including phenoxy) is 2. The molecule has 0 saturated heterocycles. The lowest BCUT2D eigenvalue weighted by molar-refractivity contribution is -0.137.